The number of aromatic carboxylic acids is 1. The number of carboxylic acids is 1. The molecule has 1 N–H and O–H groups in total. The fourth-order valence-electron chi connectivity index (χ4n) is 3.08. The van der Waals surface area contributed by atoms with E-state index in [0.717, 1.165) is 44.2 Å². The van der Waals surface area contributed by atoms with E-state index in [1.54, 1.807) is 4.90 Å². The fourth-order valence-corrected chi connectivity index (χ4v) is 3.08. The summed E-state index contributed by atoms with van der Waals surface area (Å²) >= 11 is 0. The Labute approximate surface area is 123 Å². The summed E-state index contributed by atoms with van der Waals surface area (Å²) in [5.41, 5.74) is -0.440. The van der Waals surface area contributed by atoms with Crippen LogP contribution in [0.4, 0.5) is 14.5 Å². The highest BCUT2D eigenvalue weighted by atomic mass is 19.1. The van der Waals surface area contributed by atoms with Crippen LogP contribution in [-0.2, 0) is 0 Å². The Bertz CT molecular complexity index is 496. The topological polar surface area (TPSA) is 40.5 Å². The molecule has 1 aromatic rings. The molecule has 1 aliphatic heterocycles. The number of carboxylic acid groups (broad SMARTS) is 1. The van der Waals surface area contributed by atoms with E-state index in [2.05, 4.69) is 6.92 Å². The Hall–Kier alpha value is -1.65. The maximum atomic E-state index is 14.1. The SMILES string of the molecule is CCCC1CCCN(c2c(F)cc(C(=O)O)cc2F)CC1. The molecule has 5 heteroatoms. The summed E-state index contributed by atoms with van der Waals surface area (Å²) < 4.78 is 28.2. The van der Waals surface area contributed by atoms with Crippen molar-refractivity contribution in [1.82, 2.24) is 0 Å². The quantitative estimate of drug-likeness (QED) is 0.910. The first-order valence-electron chi connectivity index (χ1n) is 7.50. The van der Waals surface area contributed by atoms with Crippen LogP contribution in [0.15, 0.2) is 12.1 Å². The average molecular weight is 297 g/mol. The molecule has 0 spiro atoms. The van der Waals surface area contributed by atoms with Crippen molar-refractivity contribution in [2.75, 3.05) is 18.0 Å². The van der Waals surface area contributed by atoms with Crippen LogP contribution in [0, 0.1) is 17.6 Å². The van der Waals surface area contributed by atoms with E-state index in [-0.39, 0.29) is 11.3 Å². The molecular formula is C16H21F2NO2. The van der Waals surface area contributed by atoms with Crippen molar-refractivity contribution in [3.8, 4) is 0 Å². The standard InChI is InChI=1S/C16H21F2NO2/c1-2-4-11-5-3-7-19(8-6-11)15-13(17)9-12(16(20)21)10-14(15)18/h9-11H,2-8H2,1H3,(H,20,21). The van der Waals surface area contributed by atoms with Gasteiger partial charge in [0.05, 0.1) is 5.56 Å². The minimum Gasteiger partial charge on any atom is -0.478 e. The highest BCUT2D eigenvalue weighted by molar-refractivity contribution is 5.88. The molecule has 1 aromatic carbocycles. The van der Waals surface area contributed by atoms with Crippen molar-refractivity contribution < 1.29 is 18.7 Å². The molecule has 0 aromatic heterocycles. The Morgan fingerprint density at radius 2 is 1.95 bits per heavy atom. The van der Waals surface area contributed by atoms with Gasteiger partial charge in [-0.1, -0.05) is 19.8 Å². The van der Waals surface area contributed by atoms with Gasteiger partial charge in [0.1, 0.15) is 17.3 Å². The van der Waals surface area contributed by atoms with Crippen LogP contribution in [0.5, 0.6) is 0 Å². The molecule has 1 unspecified atom stereocenters. The number of hydrogen-bond donors (Lipinski definition) is 1. The minimum absolute atomic E-state index is 0.0860. The third-order valence-corrected chi connectivity index (χ3v) is 4.12. The number of rotatable bonds is 4. The van der Waals surface area contributed by atoms with Gasteiger partial charge in [-0.25, -0.2) is 13.6 Å². The lowest BCUT2D eigenvalue weighted by atomic mass is 9.96. The van der Waals surface area contributed by atoms with Crippen LogP contribution in [0.3, 0.4) is 0 Å². The van der Waals surface area contributed by atoms with E-state index in [1.807, 2.05) is 0 Å². The van der Waals surface area contributed by atoms with Gasteiger partial charge in [-0.05, 0) is 37.3 Å². The van der Waals surface area contributed by atoms with Gasteiger partial charge < -0.3 is 10.0 Å². The van der Waals surface area contributed by atoms with Crippen molar-refractivity contribution >= 4 is 11.7 Å². The molecule has 0 bridgehead atoms. The van der Waals surface area contributed by atoms with Gasteiger partial charge in [-0.2, -0.15) is 0 Å². The minimum atomic E-state index is -1.32. The molecule has 1 atom stereocenters. The Balaban J connectivity index is 2.20. The molecule has 3 nitrogen and oxygen atoms in total. The molecule has 0 radical (unpaired) electrons. The van der Waals surface area contributed by atoms with Gasteiger partial charge in [0.25, 0.3) is 0 Å². The lowest BCUT2D eigenvalue weighted by Gasteiger charge is -2.24. The first kappa shape index (κ1) is 15.7. The van der Waals surface area contributed by atoms with Crippen molar-refractivity contribution in [2.24, 2.45) is 5.92 Å². The number of nitrogens with zero attached hydrogens (tertiary/aromatic N) is 1. The van der Waals surface area contributed by atoms with E-state index in [9.17, 15) is 13.6 Å². The second-order valence-electron chi connectivity index (χ2n) is 5.67. The normalized spacial score (nSPS) is 19.4. The monoisotopic (exact) mass is 297 g/mol. The Morgan fingerprint density at radius 1 is 1.29 bits per heavy atom. The smallest absolute Gasteiger partial charge is 0.335 e. The molecule has 21 heavy (non-hydrogen) atoms. The predicted octanol–water partition coefficient (Wildman–Crippen LogP) is 4.07. The van der Waals surface area contributed by atoms with Crippen molar-refractivity contribution in [3.63, 3.8) is 0 Å². The van der Waals surface area contributed by atoms with Gasteiger partial charge in [-0.15, -0.1) is 0 Å². The van der Waals surface area contributed by atoms with Crippen LogP contribution in [0.25, 0.3) is 0 Å². The van der Waals surface area contributed by atoms with Gasteiger partial charge in [-0.3, -0.25) is 0 Å². The second-order valence-corrected chi connectivity index (χ2v) is 5.67. The van der Waals surface area contributed by atoms with E-state index in [0.29, 0.717) is 19.0 Å². The predicted molar refractivity (Wildman–Crippen MR) is 77.8 cm³/mol. The third kappa shape index (κ3) is 3.71. The largest absolute Gasteiger partial charge is 0.478 e. The molecule has 1 fully saturated rings. The summed E-state index contributed by atoms with van der Waals surface area (Å²) in [5, 5.41) is 8.83. The molecule has 0 amide bonds. The van der Waals surface area contributed by atoms with Crippen LogP contribution in [0.2, 0.25) is 0 Å². The zero-order valence-corrected chi connectivity index (χ0v) is 12.2. The maximum Gasteiger partial charge on any atom is 0.335 e. The van der Waals surface area contributed by atoms with Crippen molar-refractivity contribution in [1.29, 1.82) is 0 Å². The number of carbonyl (C=O) groups is 1. The lowest BCUT2D eigenvalue weighted by Crippen LogP contribution is -2.26. The molecule has 1 aliphatic rings. The second kappa shape index (κ2) is 6.87. The molecular weight excluding hydrogens is 276 g/mol. The summed E-state index contributed by atoms with van der Waals surface area (Å²) in [4.78, 5) is 12.5. The van der Waals surface area contributed by atoms with Gasteiger partial charge in [0, 0.05) is 13.1 Å². The van der Waals surface area contributed by atoms with Crippen LogP contribution < -0.4 is 4.90 Å². The zero-order chi connectivity index (χ0) is 15.4. The van der Waals surface area contributed by atoms with E-state index < -0.39 is 17.6 Å². The molecule has 1 saturated heterocycles. The lowest BCUT2D eigenvalue weighted by molar-refractivity contribution is 0.0695. The van der Waals surface area contributed by atoms with Crippen LogP contribution in [-0.4, -0.2) is 24.2 Å². The molecule has 0 aliphatic carbocycles. The third-order valence-electron chi connectivity index (χ3n) is 4.12. The summed E-state index contributed by atoms with van der Waals surface area (Å²) in [6.45, 7) is 3.37. The van der Waals surface area contributed by atoms with Crippen LogP contribution >= 0.6 is 0 Å². The zero-order valence-electron chi connectivity index (χ0n) is 12.2. The first-order chi connectivity index (χ1) is 10.0. The van der Waals surface area contributed by atoms with Gasteiger partial charge in [0.2, 0.25) is 0 Å². The van der Waals surface area contributed by atoms with E-state index >= 15 is 0 Å². The fraction of sp³-hybridized carbons (Fsp3) is 0.562. The Morgan fingerprint density at radius 3 is 2.52 bits per heavy atom. The molecule has 1 heterocycles. The number of anilines is 1. The van der Waals surface area contributed by atoms with E-state index in [1.165, 1.54) is 0 Å². The number of halogens is 2. The number of benzene rings is 1. The van der Waals surface area contributed by atoms with Gasteiger partial charge >= 0.3 is 5.97 Å². The van der Waals surface area contributed by atoms with Crippen molar-refractivity contribution in [2.45, 2.75) is 39.0 Å². The summed E-state index contributed by atoms with van der Waals surface area (Å²) in [5.74, 6) is -2.29. The summed E-state index contributed by atoms with van der Waals surface area (Å²) in [6, 6.07) is 1.80. The number of hydrogen-bond acceptors (Lipinski definition) is 2. The van der Waals surface area contributed by atoms with E-state index in [4.69, 9.17) is 5.11 Å². The first-order valence-corrected chi connectivity index (χ1v) is 7.50. The summed E-state index contributed by atoms with van der Waals surface area (Å²) in [6.07, 6.45) is 5.19. The molecule has 116 valence electrons. The van der Waals surface area contributed by atoms with Crippen molar-refractivity contribution in [3.05, 3.63) is 29.3 Å². The average Bonchev–Trinajstić information content (AvgIpc) is 2.64. The summed E-state index contributed by atoms with van der Waals surface area (Å²) in [7, 11) is 0. The van der Waals surface area contributed by atoms with Crippen LogP contribution in [0.1, 0.15) is 49.4 Å². The molecule has 0 saturated carbocycles. The van der Waals surface area contributed by atoms with Gasteiger partial charge in [0.15, 0.2) is 0 Å². The highest BCUT2D eigenvalue weighted by Gasteiger charge is 2.23. The maximum absolute atomic E-state index is 14.1. The molecule has 2 rings (SSSR count). The highest BCUT2D eigenvalue weighted by Crippen LogP contribution is 2.30. The Kier molecular flexibility index (Phi) is 5.15.